The summed E-state index contributed by atoms with van der Waals surface area (Å²) in [5.74, 6) is -0.634. The molecule has 1 aliphatic heterocycles. The molecule has 0 aromatic carbocycles. The van der Waals surface area contributed by atoms with Crippen molar-refractivity contribution in [3.8, 4) is 0 Å². The minimum atomic E-state index is -4.39. The molecule has 5 nitrogen and oxygen atoms in total. The van der Waals surface area contributed by atoms with E-state index in [4.69, 9.17) is 0 Å². The maximum absolute atomic E-state index is 11.8. The van der Waals surface area contributed by atoms with E-state index in [0.29, 0.717) is 13.1 Å². The Hall–Kier alpha value is -1.31. The molecule has 0 bridgehead atoms. The van der Waals surface area contributed by atoms with Crippen LogP contribution in [0.4, 0.5) is 13.2 Å². The summed E-state index contributed by atoms with van der Waals surface area (Å²) < 4.78 is 39.7. The fraction of sp³-hybridized carbons (Fsp3) is 0.800. The predicted molar refractivity (Wildman–Crippen MR) is 55.7 cm³/mol. The summed E-state index contributed by atoms with van der Waals surface area (Å²) in [7, 11) is 0. The maximum atomic E-state index is 11.8. The van der Waals surface area contributed by atoms with Gasteiger partial charge in [0.25, 0.3) is 0 Å². The molecule has 1 saturated heterocycles. The average molecular weight is 268 g/mol. The van der Waals surface area contributed by atoms with Crippen molar-refractivity contribution in [3.63, 3.8) is 0 Å². The van der Waals surface area contributed by atoms with Crippen molar-refractivity contribution in [2.45, 2.75) is 25.6 Å². The van der Waals surface area contributed by atoms with Gasteiger partial charge in [-0.1, -0.05) is 0 Å². The van der Waals surface area contributed by atoms with Crippen LogP contribution in [0.5, 0.6) is 0 Å². The lowest BCUT2D eigenvalue weighted by Gasteiger charge is -2.32. The summed E-state index contributed by atoms with van der Waals surface area (Å²) in [5.41, 5.74) is 0. The highest BCUT2D eigenvalue weighted by molar-refractivity contribution is 5.88. The number of halogens is 3. The quantitative estimate of drug-likeness (QED) is 0.746. The normalized spacial score (nSPS) is 20.8. The van der Waals surface area contributed by atoms with Crippen LogP contribution in [0.1, 0.15) is 13.3 Å². The zero-order valence-electron chi connectivity index (χ0n) is 9.92. The van der Waals surface area contributed by atoms with Crippen molar-refractivity contribution in [3.05, 3.63) is 0 Å². The third-order valence-corrected chi connectivity index (χ3v) is 2.55. The van der Waals surface area contributed by atoms with E-state index in [0.717, 1.165) is 0 Å². The number of ether oxygens (including phenoxy) is 1. The first-order valence-electron chi connectivity index (χ1n) is 5.53. The van der Waals surface area contributed by atoms with Crippen LogP contribution in [0.3, 0.4) is 0 Å². The molecule has 2 amide bonds. The first-order valence-corrected chi connectivity index (χ1v) is 5.53. The minimum Gasteiger partial charge on any atom is -0.372 e. The van der Waals surface area contributed by atoms with E-state index < -0.39 is 18.8 Å². The highest BCUT2D eigenvalue weighted by atomic mass is 19.4. The van der Waals surface area contributed by atoms with Gasteiger partial charge < -0.3 is 15.0 Å². The molecule has 0 spiro atoms. The van der Waals surface area contributed by atoms with Crippen molar-refractivity contribution in [1.82, 2.24) is 10.2 Å². The Morgan fingerprint density at radius 1 is 1.56 bits per heavy atom. The molecule has 0 radical (unpaired) electrons. The summed E-state index contributed by atoms with van der Waals surface area (Å²) in [6, 6.07) is -0.589. The molecule has 0 aliphatic carbocycles. The Balaban J connectivity index is 2.30. The van der Waals surface area contributed by atoms with E-state index >= 15 is 0 Å². The van der Waals surface area contributed by atoms with Gasteiger partial charge >= 0.3 is 6.18 Å². The lowest BCUT2D eigenvalue weighted by Crippen LogP contribution is -2.55. The minimum absolute atomic E-state index is 0.159. The van der Waals surface area contributed by atoms with Crippen molar-refractivity contribution in [1.29, 1.82) is 0 Å². The summed E-state index contributed by atoms with van der Waals surface area (Å²) in [6.07, 6.45) is -4.55. The van der Waals surface area contributed by atoms with Gasteiger partial charge in [-0.25, -0.2) is 0 Å². The zero-order valence-corrected chi connectivity index (χ0v) is 9.92. The van der Waals surface area contributed by atoms with Gasteiger partial charge in [-0.2, -0.15) is 13.2 Å². The second-order valence-corrected chi connectivity index (χ2v) is 3.97. The van der Waals surface area contributed by atoms with Crippen LogP contribution in [-0.4, -0.2) is 55.2 Å². The van der Waals surface area contributed by atoms with Crippen molar-refractivity contribution >= 4 is 11.8 Å². The first-order chi connectivity index (χ1) is 8.31. The summed E-state index contributed by atoms with van der Waals surface area (Å²) in [6.45, 7) is 0.631. The van der Waals surface area contributed by atoms with E-state index in [9.17, 15) is 22.8 Å². The Bertz CT molecular complexity index is 320. The lowest BCUT2D eigenvalue weighted by atomic mass is 10.2. The molecular formula is C10H15F3N2O3. The number of alkyl halides is 3. The molecule has 1 unspecified atom stereocenters. The predicted octanol–water partition coefficient (Wildman–Crippen LogP) is 0.302. The van der Waals surface area contributed by atoms with Crippen LogP contribution in [0.2, 0.25) is 0 Å². The zero-order chi connectivity index (χ0) is 13.8. The molecule has 0 aromatic heterocycles. The van der Waals surface area contributed by atoms with Crippen molar-refractivity contribution < 1.29 is 27.5 Å². The monoisotopic (exact) mass is 268 g/mol. The fourth-order valence-electron chi connectivity index (χ4n) is 1.61. The molecule has 0 saturated carbocycles. The standard InChI is InChI=1S/C10H15F3N2O3/c1-7-9(17)14-3-4-15(7)8(16)2-5-18-6-10(11,12)13/h7H,2-6H2,1H3,(H,14,17). The molecule has 1 heterocycles. The molecule has 0 aromatic rings. The van der Waals surface area contributed by atoms with Crippen LogP contribution in [0.25, 0.3) is 0 Å². The third-order valence-electron chi connectivity index (χ3n) is 2.55. The molecular weight excluding hydrogens is 253 g/mol. The largest absolute Gasteiger partial charge is 0.411 e. The topological polar surface area (TPSA) is 58.6 Å². The number of amides is 2. The van der Waals surface area contributed by atoms with Gasteiger partial charge in [0.15, 0.2) is 0 Å². The molecule has 1 aliphatic rings. The first kappa shape index (κ1) is 14.7. The van der Waals surface area contributed by atoms with Crippen LogP contribution in [-0.2, 0) is 14.3 Å². The van der Waals surface area contributed by atoms with Gasteiger partial charge in [0.05, 0.1) is 13.0 Å². The number of nitrogens with one attached hydrogen (secondary N) is 1. The van der Waals surface area contributed by atoms with Crippen LogP contribution < -0.4 is 5.32 Å². The van der Waals surface area contributed by atoms with Gasteiger partial charge in [0.1, 0.15) is 12.6 Å². The molecule has 1 atom stereocenters. The van der Waals surface area contributed by atoms with E-state index in [1.165, 1.54) is 4.90 Å². The molecule has 8 heteroatoms. The van der Waals surface area contributed by atoms with Crippen LogP contribution in [0.15, 0.2) is 0 Å². The van der Waals surface area contributed by atoms with Gasteiger partial charge in [0, 0.05) is 13.1 Å². The number of hydrogen-bond acceptors (Lipinski definition) is 3. The Labute approximate surface area is 102 Å². The van der Waals surface area contributed by atoms with Crippen molar-refractivity contribution in [2.24, 2.45) is 0 Å². The fourth-order valence-corrected chi connectivity index (χ4v) is 1.61. The van der Waals surface area contributed by atoms with Gasteiger partial charge in [-0.3, -0.25) is 9.59 Å². The Morgan fingerprint density at radius 3 is 2.83 bits per heavy atom. The molecule has 104 valence electrons. The van der Waals surface area contributed by atoms with Crippen LogP contribution in [0, 0.1) is 0 Å². The average Bonchev–Trinajstić information content (AvgIpc) is 2.26. The molecule has 1 rings (SSSR count). The maximum Gasteiger partial charge on any atom is 0.411 e. The number of hydrogen-bond donors (Lipinski definition) is 1. The number of carbonyl (C=O) groups is 2. The van der Waals surface area contributed by atoms with E-state index in [-0.39, 0.29) is 24.8 Å². The van der Waals surface area contributed by atoms with E-state index in [1.807, 2.05) is 0 Å². The van der Waals surface area contributed by atoms with Crippen molar-refractivity contribution in [2.75, 3.05) is 26.3 Å². The molecule has 1 fully saturated rings. The number of rotatable bonds is 4. The molecule has 18 heavy (non-hydrogen) atoms. The Kier molecular flexibility index (Phi) is 4.94. The van der Waals surface area contributed by atoms with E-state index in [2.05, 4.69) is 10.1 Å². The Morgan fingerprint density at radius 2 is 2.22 bits per heavy atom. The highest BCUT2D eigenvalue weighted by Gasteiger charge is 2.30. The SMILES string of the molecule is CC1C(=O)NCCN1C(=O)CCOCC(F)(F)F. The smallest absolute Gasteiger partial charge is 0.372 e. The highest BCUT2D eigenvalue weighted by Crippen LogP contribution is 2.14. The van der Waals surface area contributed by atoms with Gasteiger partial charge in [-0.15, -0.1) is 0 Å². The summed E-state index contributed by atoms with van der Waals surface area (Å²) in [5, 5.41) is 2.59. The van der Waals surface area contributed by atoms with Gasteiger partial charge in [0.2, 0.25) is 11.8 Å². The number of piperazine rings is 1. The summed E-state index contributed by atoms with van der Waals surface area (Å²) in [4.78, 5) is 24.3. The molecule has 1 N–H and O–H groups in total. The van der Waals surface area contributed by atoms with Gasteiger partial charge in [-0.05, 0) is 6.92 Å². The van der Waals surface area contributed by atoms with E-state index in [1.54, 1.807) is 6.92 Å². The lowest BCUT2D eigenvalue weighted by molar-refractivity contribution is -0.175. The number of nitrogens with zero attached hydrogens (tertiary/aromatic N) is 1. The summed E-state index contributed by atoms with van der Waals surface area (Å²) >= 11 is 0. The van der Waals surface area contributed by atoms with Crippen LogP contribution >= 0.6 is 0 Å². The second kappa shape index (κ2) is 6.03. The number of carbonyl (C=O) groups excluding carboxylic acids is 2. The second-order valence-electron chi connectivity index (χ2n) is 3.97. The third kappa shape index (κ3) is 4.52.